The second-order valence-electron chi connectivity index (χ2n) is 4.77. The number of halogens is 2. The van der Waals surface area contributed by atoms with Crippen LogP contribution >= 0.6 is 31.9 Å². The van der Waals surface area contributed by atoms with Crippen molar-refractivity contribution in [2.75, 3.05) is 0 Å². The molecule has 1 unspecified atom stereocenters. The number of hydrogen-bond acceptors (Lipinski definition) is 0. The Kier molecular flexibility index (Phi) is 6.79. The highest BCUT2D eigenvalue weighted by atomic mass is 79.9. The van der Waals surface area contributed by atoms with Crippen LogP contribution in [-0.4, -0.2) is 0 Å². The first-order valence-corrected chi connectivity index (χ1v) is 8.17. The Morgan fingerprint density at radius 1 is 1.06 bits per heavy atom. The molecular weight excluding hydrogens is 340 g/mol. The van der Waals surface area contributed by atoms with Gasteiger partial charge in [-0.25, -0.2) is 0 Å². The standard InChI is InChI=1S/C15H22Br2/c1-4-5-6-7-8-14(16)13-9-12(3)15(17)10-11(13)2/h9-10,14H,4-8H2,1-3H3. The van der Waals surface area contributed by atoms with Gasteiger partial charge in [0.1, 0.15) is 0 Å². The van der Waals surface area contributed by atoms with Crippen LogP contribution in [0.2, 0.25) is 0 Å². The van der Waals surface area contributed by atoms with Crippen molar-refractivity contribution in [1.82, 2.24) is 0 Å². The lowest BCUT2D eigenvalue weighted by Crippen LogP contribution is -1.96. The van der Waals surface area contributed by atoms with Crippen molar-refractivity contribution in [2.45, 2.75) is 57.7 Å². The molecule has 1 rings (SSSR count). The molecule has 0 aliphatic carbocycles. The first-order valence-electron chi connectivity index (χ1n) is 6.47. The maximum absolute atomic E-state index is 3.83. The average Bonchev–Trinajstić information content (AvgIpc) is 2.29. The van der Waals surface area contributed by atoms with Crippen molar-refractivity contribution in [1.29, 1.82) is 0 Å². The monoisotopic (exact) mass is 360 g/mol. The lowest BCUT2D eigenvalue weighted by atomic mass is 9.99. The zero-order chi connectivity index (χ0) is 12.8. The molecule has 0 fully saturated rings. The number of alkyl halides is 1. The number of unbranched alkanes of at least 4 members (excludes halogenated alkanes) is 3. The maximum Gasteiger partial charge on any atom is 0.0398 e. The second-order valence-corrected chi connectivity index (χ2v) is 6.73. The first-order chi connectivity index (χ1) is 8.06. The number of hydrogen-bond donors (Lipinski definition) is 0. The largest absolute Gasteiger partial charge is 0.0839 e. The average molecular weight is 362 g/mol. The molecule has 17 heavy (non-hydrogen) atoms. The van der Waals surface area contributed by atoms with E-state index in [4.69, 9.17) is 0 Å². The van der Waals surface area contributed by atoms with Crippen LogP contribution in [0.4, 0.5) is 0 Å². The molecule has 1 aromatic carbocycles. The molecule has 0 nitrogen and oxygen atoms in total. The van der Waals surface area contributed by atoms with Gasteiger partial charge in [0, 0.05) is 9.30 Å². The quantitative estimate of drug-likeness (QED) is 0.402. The Morgan fingerprint density at radius 3 is 2.41 bits per heavy atom. The predicted molar refractivity (Wildman–Crippen MR) is 84.0 cm³/mol. The highest BCUT2D eigenvalue weighted by Crippen LogP contribution is 2.33. The maximum atomic E-state index is 3.83. The van der Waals surface area contributed by atoms with Crippen LogP contribution in [0.5, 0.6) is 0 Å². The van der Waals surface area contributed by atoms with Gasteiger partial charge >= 0.3 is 0 Å². The van der Waals surface area contributed by atoms with E-state index >= 15 is 0 Å². The molecule has 1 atom stereocenters. The minimum Gasteiger partial charge on any atom is -0.0839 e. The van der Waals surface area contributed by atoms with Crippen LogP contribution in [0.3, 0.4) is 0 Å². The molecule has 0 aromatic heterocycles. The summed E-state index contributed by atoms with van der Waals surface area (Å²) in [4.78, 5) is 0.506. The molecule has 0 spiro atoms. The number of aryl methyl sites for hydroxylation is 2. The molecule has 1 aromatic rings. The predicted octanol–water partition coefficient (Wildman–Crippen LogP) is 6.47. The summed E-state index contributed by atoms with van der Waals surface area (Å²) in [7, 11) is 0. The fourth-order valence-electron chi connectivity index (χ4n) is 2.05. The van der Waals surface area contributed by atoms with Gasteiger partial charge in [0.15, 0.2) is 0 Å². The van der Waals surface area contributed by atoms with Gasteiger partial charge in [-0.3, -0.25) is 0 Å². The highest BCUT2D eigenvalue weighted by molar-refractivity contribution is 9.10. The summed E-state index contributed by atoms with van der Waals surface area (Å²) in [5.41, 5.74) is 4.14. The van der Waals surface area contributed by atoms with Crippen LogP contribution in [0.1, 0.15) is 60.5 Å². The molecule has 0 saturated carbocycles. The molecule has 2 heteroatoms. The van der Waals surface area contributed by atoms with E-state index in [9.17, 15) is 0 Å². The summed E-state index contributed by atoms with van der Waals surface area (Å²) < 4.78 is 1.21. The summed E-state index contributed by atoms with van der Waals surface area (Å²) in [6.07, 6.45) is 6.58. The van der Waals surface area contributed by atoms with E-state index in [-0.39, 0.29) is 0 Å². The van der Waals surface area contributed by atoms with Gasteiger partial charge in [-0.05, 0) is 43.0 Å². The zero-order valence-electron chi connectivity index (χ0n) is 11.0. The summed E-state index contributed by atoms with van der Waals surface area (Å²) in [6, 6.07) is 4.53. The minimum absolute atomic E-state index is 0.506. The molecule has 0 aliphatic heterocycles. The third-order valence-corrected chi connectivity index (χ3v) is 5.00. The fraction of sp³-hybridized carbons (Fsp3) is 0.600. The molecular formula is C15H22Br2. The van der Waals surface area contributed by atoms with Gasteiger partial charge in [0.2, 0.25) is 0 Å². The number of benzene rings is 1. The van der Waals surface area contributed by atoms with Crippen molar-refractivity contribution >= 4 is 31.9 Å². The summed E-state index contributed by atoms with van der Waals surface area (Å²) in [5, 5.41) is 0. The van der Waals surface area contributed by atoms with E-state index in [2.05, 4.69) is 64.8 Å². The van der Waals surface area contributed by atoms with Crippen molar-refractivity contribution in [3.8, 4) is 0 Å². The Labute approximate surface area is 122 Å². The van der Waals surface area contributed by atoms with Gasteiger partial charge < -0.3 is 0 Å². The van der Waals surface area contributed by atoms with Gasteiger partial charge in [-0.15, -0.1) is 0 Å². The molecule has 0 radical (unpaired) electrons. The number of rotatable bonds is 6. The van der Waals surface area contributed by atoms with Gasteiger partial charge in [0.05, 0.1) is 0 Å². The molecule has 96 valence electrons. The summed E-state index contributed by atoms with van der Waals surface area (Å²) in [5.74, 6) is 0. The van der Waals surface area contributed by atoms with Crippen LogP contribution in [0, 0.1) is 13.8 Å². The van der Waals surface area contributed by atoms with Crippen LogP contribution in [0.15, 0.2) is 16.6 Å². The first kappa shape index (κ1) is 15.2. The van der Waals surface area contributed by atoms with E-state index in [0.717, 1.165) is 0 Å². The van der Waals surface area contributed by atoms with Gasteiger partial charge in [-0.2, -0.15) is 0 Å². The second kappa shape index (κ2) is 7.58. The van der Waals surface area contributed by atoms with E-state index < -0.39 is 0 Å². The third kappa shape index (κ3) is 4.75. The smallest absolute Gasteiger partial charge is 0.0398 e. The Hall–Kier alpha value is 0.180. The van der Waals surface area contributed by atoms with E-state index in [1.165, 1.54) is 53.3 Å². The lowest BCUT2D eigenvalue weighted by molar-refractivity contribution is 0.629. The van der Waals surface area contributed by atoms with Gasteiger partial charge in [-0.1, -0.05) is 70.5 Å². The van der Waals surface area contributed by atoms with E-state index in [1.54, 1.807) is 0 Å². The topological polar surface area (TPSA) is 0 Å². The van der Waals surface area contributed by atoms with Crippen LogP contribution < -0.4 is 0 Å². The molecule has 0 bridgehead atoms. The van der Waals surface area contributed by atoms with Crippen molar-refractivity contribution < 1.29 is 0 Å². The normalized spacial score (nSPS) is 12.8. The molecule has 0 heterocycles. The van der Waals surface area contributed by atoms with Crippen LogP contribution in [-0.2, 0) is 0 Å². The van der Waals surface area contributed by atoms with Crippen molar-refractivity contribution in [2.24, 2.45) is 0 Å². The Balaban J connectivity index is 2.62. The van der Waals surface area contributed by atoms with Crippen molar-refractivity contribution in [3.63, 3.8) is 0 Å². The molecule has 0 amide bonds. The third-order valence-electron chi connectivity index (χ3n) is 3.20. The van der Waals surface area contributed by atoms with Gasteiger partial charge in [0.25, 0.3) is 0 Å². The zero-order valence-corrected chi connectivity index (χ0v) is 14.2. The highest BCUT2D eigenvalue weighted by Gasteiger charge is 2.11. The summed E-state index contributed by atoms with van der Waals surface area (Å²) >= 11 is 7.42. The molecule has 0 saturated heterocycles. The van der Waals surface area contributed by atoms with Crippen LogP contribution in [0.25, 0.3) is 0 Å². The Morgan fingerprint density at radius 2 is 1.76 bits per heavy atom. The van der Waals surface area contributed by atoms with E-state index in [1.807, 2.05) is 0 Å². The van der Waals surface area contributed by atoms with Crippen molar-refractivity contribution in [3.05, 3.63) is 33.3 Å². The minimum atomic E-state index is 0.506. The van der Waals surface area contributed by atoms with E-state index in [0.29, 0.717) is 4.83 Å². The Bertz CT molecular complexity index is 358. The molecule has 0 N–H and O–H groups in total. The fourth-order valence-corrected chi connectivity index (χ4v) is 3.32. The SMILES string of the molecule is CCCCCCC(Br)c1cc(C)c(Br)cc1C. The molecule has 0 aliphatic rings. The summed E-state index contributed by atoms with van der Waals surface area (Å²) in [6.45, 7) is 6.61. The lowest BCUT2D eigenvalue weighted by Gasteiger charge is -2.15.